The fourth-order valence-electron chi connectivity index (χ4n) is 3.33. The van der Waals surface area contributed by atoms with E-state index in [1.165, 1.54) is 16.2 Å². The van der Waals surface area contributed by atoms with Gasteiger partial charge < -0.3 is 9.80 Å². The first kappa shape index (κ1) is 18.4. The number of carbonyl (C=O) groups excluding carboxylic acids is 3. The third-order valence-corrected chi connectivity index (χ3v) is 5.44. The zero-order valence-corrected chi connectivity index (χ0v) is 15.7. The molecular weight excluding hydrogens is 350 g/mol. The van der Waals surface area contributed by atoms with Gasteiger partial charge in [0.2, 0.25) is 5.78 Å². The number of quaternary nitrogens is 1. The van der Waals surface area contributed by atoms with Crippen LogP contribution in [0.2, 0.25) is 0 Å². The van der Waals surface area contributed by atoms with Crippen LogP contribution in [0.15, 0.2) is 42.0 Å². The summed E-state index contributed by atoms with van der Waals surface area (Å²) in [4.78, 5) is 45.8. The van der Waals surface area contributed by atoms with Crippen molar-refractivity contribution in [2.75, 3.05) is 27.2 Å². The minimum absolute atomic E-state index is 0.284. The number of ketones is 2. The first-order valence-electron chi connectivity index (χ1n) is 8.62. The summed E-state index contributed by atoms with van der Waals surface area (Å²) >= 11 is 1.29. The Morgan fingerprint density at radius 2 is 2.08 bits per heavy atom. The van der Waals surface area contributed by atoms with E-state index in [9.17, 15) is 14.4 Å². The van der Waals surface area contributed by atoms with Crippen molar-refractivity contribution in [2.24, 2.45) is 5.92 Å². The average molecular weight is 372 g/mol. The van der Waals surface area contributed by atoms with Gasteiger partial charge in [0.25, 0.3) is 5.91 Å². The van der Waals surface area contributed by atoms with Gasteiger partial charge in [-0.1, -0.05) is 12.1 Å². The second-order valence-electron chi connectivity index (χ2n) is 6.72. The lowest BCUT2D eigenvalue weighted by molar-refractivity contribution is -0.858. The van der Waals surface area contributed by atoms with Crippen LogP contribution in [0.5, 0.6) is 0 Å². The topological polar surface area (TPSA) is 71.8 Å². The highest BCUT2D eigenvalue weighted by molar-refractivity contribution is 7.12. The molecule has 0 spiro atoms. The van der Waals surface area contributed by atoms with Crippen molar-refractivity contribution in [3.63, 3.8) is 0 Å². The minimum Gasteiger partial charge on any atom is -0.340 e. The Morgan fingerprint density at radius 3 is 2.69 bits per heavy atom. The van der Waals surface area contributed by atoms with Crippen molar-refractivity contribution in [1.82, 2.24) is 9.88 Å². The lowest BCUT2D eigenvalue weighted by Gasteiger charge is -2.26. The lowest BCUT2D eigenvalue weighted by atomic mass is 9.89. The molecule has 7 heteroatoms. The third-order valence-electron chi connectivity index (χ3n) is 4.55. The molecular formula is C19H22N3O3S+. The van der Waals surface area contributed by atoms with Gasteiger partial charge >= 0.3 is 0 Å². The predicted octanol–water partition coefficient (Wildman–Crippen LogP) is 0.629. The smallest absolute Gasteiger partial charge is 0.291 e. The van der Waals surface area contributed by atoms with Crippen LogP contribution < -0.4 is 4.90 Å². The van der Waals surface area contributed by atoms with Crippen LogP contribution in [0, 0.1) is 5.92 Å². The molecule has 0 aromatic carbocycles. The maximum absolute atomic E-state index is 13.0. The maximum Gasteiger partial charge on any atom is 0.291 e. The van der Waals surface area contributed by atoms with Crippen molar-refractivity contribution in [3.8, 4) is 0 Å². The van der Waals surface area contributed by atoms with E-state index in [-0.39, 0.29) is 5.78 Å². The number of aromatic nitrogens is 1. The number of thiophene rings is 1. The van der Waals surface area contributed by atoms with Crippen molar-refractivity contribution in [1.29, 1.82) is 0 Å². The molecule has 1 N–H and O–H groups in total. The molecule has 0 bridgehead atoms. The number of pyridine rings is 1. The summed E-state index contributed by atoms with van der Waals surface area (Å²) in [5.41, 5.74) is 0.721. The Bertz CT molecular complexity index is 790. The van der Waals surface area contributed by atoms with Gasteiger partial charge in [-0.3, -0.25) is 19.4 Å². The molecule has 1 amide bonds. The largest absolute Gasteiger partial charge is 0.340 e. The van der Waals surface area contributed by atoms with Gasteiger partial charge in [-0.25, -0.2) is 0 Å². The molecule has 0 saturated carbocycles. The fourth-order valence-corrected chi connectivity index (χ4v) is 4.03. The van der Waals surface area contributed by atoms with Crippen molar-refractivity contribution >= 4 is 28.8 Å². The Labute approximate surface area is 156 Å². The number of hydrogen-bond acceptors (Lipinski definition) is 5. The predicted molar refractivity (Wildman–Crippen MR) is 98.1 cm³/mol. The van der Waals surface area contributed by atoms with Gasteiger partial charge in [0.1, 0.15) is 5.92 Å². The number of amides is 1. The molecule has 1 aliphatic heterocycles. The van der Waals surface area contributed by atoms with E-state index in [2.05, 4.69) is 4.98 Å². The molecule has 0 radical (unpaired) electrons. The van der Waals surface area contributed by atoms with Gasteiger partial charge in [0, 0.05) is 25.4 Å². The lowest BCUT2D eigenvalue weighted by Crippen LogP contribution is -3.05. The summed E-state index contributed by atoms with van der Waals surface area (Å²) in [6.07, 6.45) is 4.03. The van der Waals surface area contributed by atoms with Gasteiger partial charge in [-0.2, -0.15) is 0 Å². The first-order chi connectivity index (χ1) is 12.5. The highest BCUT2D eigenvalue weighted by Crippen LogP contribution is 2.38. The molecule has 0 aliphatic carbocycles. The Balaban J connectivity index is 1.95. The Hall–Kier alpha value is -2.38. The monoisotopic (exact) mass is 372 g/mol. The maximum atomic E-state index is 13.0. The molecule has 1 saturated heterocycles. The van der Waals surface area contributed by atoms with Crippen LogP contribution in [-0.4, -0.2) is 54.5 Å². The van der Waals surface area contributed by atoms with Crippen LogP contribution in [0.1, 0.15) is 27.7 Å². The highest BCUT2D eigenvalue weighted by atomic mass is 32.1. The zero-order chi connectivity index (χ0) is 18.7. The quantitative estimate of drug-likeness (QED) is 0.440. The van der Waals surface area contributed by atoms with Crippen LogP contribution in [-0.2, 0) is 9.59 Å². The van der Waals surface area contributed by atoms with E-state index < -0.39 is 23.7 Å². The van der Waals surface area contributed by atoms with Gasteiger partial charge in [0.15, 0.2) is 5.78 Å². The van der Waals surface area contributed by atoms with Crippen molar-refractivity contribution < 1.29 is 19.3 Å². The molecule has 2 aromatic rings. The van der Waals surface area contributed by atoms with Crippen LogP contribution in [0.25, 0.3) is 0 Å². The number of nitrogens with one attached hydrogen (secondary N) is 1. The first-order valence-corrected chi connectivity index (χ1v) is 9.50. The van der Waals surface area contributed by atoms with Gasteiger partial charge in [0.05, 0.1) is 31.6 Å². The normalized spacial score (nSPS) is 20.2. The van der Waals surface area contributed by atoms with E-state index in [4.69, 9.17) is 0 Å². The summed E-state index contributed by atoms with van der Waals surface area (Å²) in [7, 11) is 4.08. The fraction of sp³-hybridized carbons (Fsp3) is 0.368. The van der Waals surface area contributed by atoms with E-state index in [0.717, 1.165) is 18.5 Å². The Kier molecular flexibility index (Phi) is 5.58. The van der Waals surface area contributed by atoms with E-state index in [1.807, 2.05) is 20.2 Å². The second kappa shape index (κ2) is 7.88. The molecule has 3 heterocycles. The molecule has 26 heavy (non-hydrogen) atoms. The number of hydrogen-bond donors (Lipinski definition) is 1. The second-order valence-corrected chi connectivity index (χ2v) is 7.67. The molecule has 2 aromatic heterocycles. The van der Waals surface area contributed by atoms with Crippen LogP contribution in [0.3, 0.4) is 0 Å². The minimum atomic E-state index is -1.00. The number of nitrogens with zero attached hydrogens (tertiary/aromatic N) is 2. The number of carbonyl (C=O) groups is 3. The highest BCUT2D eigenvalue weighted by Gasteiger charge is 2.51. The molecule has 1 fully saturated rings. The molecule has 136 valence electrons. The van der Waals surface area contributed by atoms with Crippen LogP contribution >= 0.6 is 11.3 Å². The van der Waals surface area contributed by atoms with E-state index in [1.54, 1.807) is 40.9 Å². The Morgan fingerprint density at radius 1 is 1.27 bits per heavy atom. The molecule has 1 aliphatic rings. The zero-order valence-electron chi connectivity index (χ0n) is 14.8. The molecule has 3 rings (SSSR count). The molecule has 2 unspecified atom stereocenters. The summed E-state index contributed by atoms with van der Waals surface area (Å²) in [5.74, 6) is -2.47. The summed E-state index contributed by atoms with van der Waals surface area (Å²) in [6, 6.07) is 6.47. The van der Waals surface area contributed by atoms with Gasteiger partial charge in [-0.15, -0.1) is 11.3 Å². The van der Waals surface area contributed by atoms with Crippen molar-refractivity contribution in [2.45, 2.75) is 12.5 Å². The standard InChI is InChI=1S/C19H21N3O3S/c1-21(2)9-5-10-22-16(13-6-3-8-20-12-13)15(18(24)19(22)25)17(23)14-7-4-11-26-14/h3-4,6-8,11-12,15-16H,5,9-10H2,1-2H3/p+1. The van der Waals surface area contributed by atoms with Crippen LogP contribution in [0.4, 0.5) is 0 Å². The third kappa shape index (κ3) is 3.59. The summed E-state index contributed by atoms with van der Waals surface area (Å²) < 4.78 is 0. The molecule has 6 nitrogen and oxygen atoms in total. The average Bonchev–Trinajstić information content (AvgIpc) is 3.24. The number of rotatable bonds is 7. The van der Waals surface area contributed by atoms with E-state index in [0.29, 0.717) is 11.4 Å². The van der Waals surface area contributed by atoms with Crippen molar-refractivity contribution in [3.05, 3.63) is 52.5 Å². The van der Waals surface area contributed by atoms with Gasteiger partial charge in [-0.05, 0) is 23.1 Å². The summed E-state index contributed by atoms with van der Waals surface area (Å²) in [5, 5.41) is 1.80. The number of Topliss-reactive ketones (excluding diaryl/α,β-unsaturated/α-hetero) is 2. The molecule has 2 atom stereocenters. The summed E-state index contributed by atoms with van der Waals surface area (Å²) in [6.45, 7) is 1.32. The van der Waals surface area contributed by atoms with E-state index >= 15 is 0 Å². The SMILES string of the molecule is C[NH+](C)CCCN1C(=O)C(=O)C(C(=O)c2cccs2)C1c1cccnc1. The number of likely N-dealkylation sites (tertiary alicyclic amines) is 1.